The Morgan fingerprint density at radius 3 is 0.530 bits per heavy atom. The quantitative estimate of drug-likeness (QED) is 0.0329. The third kappa shape index (κ3) is 77.0. The van der Waals surface area contributed by atoms with E-state index in [1.165, 1.54) is 321 Å². The molecular formula is C70H145O10P2Ti. The smallest absolute Gasteiger partial charge is 0.789 e. The van der Waals surface area contributed by atoms with Gasteiger partial charge in [-0.25, -0.2) is 4.57 Å². The van der Waals surface area contributed by atoms with Gasteiger partial charge in [0.15, 0.2) is 0 Å². The summed E-state index contributed by atoms with van der Waals surface area (Å²) in [6, 6.07) is 0. The van der Waals surface area contributed by atoms with E-state index in [-0.39, 0.29) is 13.2 Å². The van der Waals surface area contributed by atoms with Gasteiger partial charge in [0.2, 0.25) is 0 Å². The maximum absolute atomic E-state index is 12.3. The van der Waals surface area contributed by atoms with Gasteiger partial charge in [-0.15, -0.1) is 0 Å². The van der Waals surface area contributed by atoms with Crippen LogP contribution in [0.15, 0.2) is 0 Å². The first-order chi connectivity index (χ1) is 40.7. The van der Waals surface area contributed by atoms with Crippen molar-refractivity contribution in [3.63, 3.8) is 0 Å². The molecule has 0 aromatic carbocycles. The Bertz CT molecular complexity index is 1170. The van der Waals surface area contributed by atoms with Crippen LogP contribution < -0.4 is 9.79 Å². The molecule has 0 rings (SSSR count). The first-order valence-corrected chi connectivity index (χ1v) is 41.9. The molecule has 0 saturated heterocycles. The first-order valence-electron chi connectivity index (χ1n) is 37.1. The van der Waals surface area contributed by atoms with E-state index in [9.17, 15) is 18.9 Å². The fourth-order valence-electron chi connectivity index (χ4n) is 10.9. The van der Waals surface area contributed by atoms with Crippen molar-refractivity contribution >= 4 is 15.6 Å². The van der Waals surface area contributed by atoms with E-state index >= 15 is 0 Å². The Hall–Kier alpha value is 0.854. The van der Waals surface area contributed by atoms with Crippen molar-refractivity contribution in [1.82, 2.24) is 0 Å². The Morgan fingerprint density at radius 2 is 0.373 bits per heavy atom. The third-order valence-electron chi connectivity index (χ3n) is 16.3. The van der Waals surface area contributed by atoms with Crippen molar-refractivity contribution in [2.75, 3.05) is 33.0 Å². The Morgan fingerprint density at radius 1 is 0.229 bits per heavy atom. The van der Waals surface area contributed by atoms with Crippen LogP contribution in [0.1, 0.15) is 420 Å². The molecule has 0 unspecified atom stereocenters. The van der Waals surface area contributed by atoms with Crippen molar-refractivity contribution in [3.8, 4) is 0 Å². The fraction of sp³-hybridized carbons (Fsp3) is 1.00. The number of unbranched alkanes of at least 4 members (excludes halogenated alkanes) is 55. The van der Waals surface area contributed by atoms with Crippen molar-refractivity contribution in [3.05, 3.63) is 0 Å². The van der Waals surface area contributed by atoms with E-state index in [1.807, 2.05) is 0 Å². The molecule has 83 heavy (non-hydrogen) atoms. The summed E-state index contributed by atoms with van der Waals surface area (Å²) < 4.78 is 56.1. The van der Waals surface area contributed by atoms with Crippen LogP contribution in [0, 0.1) is 0 Å². The van der Waals surface area contributed by atoms with Gasteiger partial charge in [-0.05, 0) is 12.8 Å². The van der Waals surface area contributed by atoms with Crippen LogP contribution in [-0.4, -0.2) is 33.0 Å². The van der Waals surface area contributed by atoms with Crippen LogP contribution in [0.5, 0.6) is 0 Å². The summed E-state index contributed by atoms with van der Waals surface area (Å²) in [5.74, 6) is 0. The zero-order valence-corrected chi connectivity index (χ0v) is 59.8. The molecule has 0 aromatic rings. The van der Waals surface area contributed by atoms with Gasteiger partial charge in [0.25, 0.3) is 0 Å². The molecule has 0 atom stereocenters. The molecule has 0 spiro atoms. The van der Waals surface area contributed by atoms with E-state index in [0.717, 1.165) is 71.2 Å². The second kappa shape index (κ2) is 73.6. The van der Waals surface area contributed by atoms with Crippen molar-refractivity contribution in [1.29, 1.82) is 0 Å². The minimum Gasteiger partial charge on any atom is -0.789 e. The molecule has 0 saturated carbocycles. The van der Waals surface area contributed by atoms with E-state index in [4.69, 9.17) is 19.0 Å². The van der Waals surface area contributed by atoms with Crippen LogP contribution in [-0.2, 0) is 51.5 Å². The summed E-state index contributed by atoms with van der Waals surface area (Å²) in [5, 5.41) is 0. The molecule has 0 amide bonds. The van der Waals surface area contributed by atoms with Gasteiger partial charge in [0.1, 0.15) is 0 Å². The summed E-state index contributed by atoms with van der Waals surface area (Å²) in [5.41, 5.74) is 0. The van der Waals surface area contributed by atoms with E-state index in [1.54, 1.807) is 0 Å². The summed E-state index contributed by atoms with van der Waals surface area (Å²) in [6.45, 7) is 13.8. The predicted octanol–water partition coefficient (Wildman–Crippen LogP) is 24.9. The first kappa shape index (κ1) is 85.9. The van der Waals surface area contributed by atoms with Crippen molar-refractivity contribution in [2.24, 2.45) is 0 Å². The molecule has 0 bridgehead atoms. The molecule has 0 fully saturated rings. The number of phosphoric ester groups is 1. The molecule has 0 aliphatic heterocycles. The third-order valence-corrected chi connectivity index (χ3v) is 21.0. The monoisotopic (exact) mass is 1260 g/mol. The van der Waals surface area contributed by atoms with Crippen molar-refractivity contribution in [2.45, 2.75) is 420 Å². The van der Waals surface area contributed by atoms with E-state index in [0.29, 0.717) is 12.8 Å². The predicted molar refractivity (Wildman–Crippen MR) is 351 cm³/mol. The SMILES string of the molecule is CCCCCCCCCCCCCCCCCC[O][Ti+2]([O]CCCCCCCCCCCCCCCCCC)[O]CCCCCCCCCCCCCCCCCC.CCCCCCCCOP(=O)(OCCCCCCCC)OP(=O)([O-])[O-]. The minimum absolute atomic E-state index is 0.0416. The molecular weight excluding hydrogens is 1110 g/mol. The van der Waals surface area contributed by atoms with Gasteiger partial charge in [-0.3, -0.25) is 13.4 Å². The second-order valence-electron chi connectivity index (χ2n) is 24.9. The maximum atomic E-state index is 12.3. The van der Waals surface area contributed by atoms with Crippen LogP contribution >= 0.6 is 15.6 Å². The van der Waals surface area contributed by atoms with E-state index in [2.05, 4.69) is 38.9 Å². The molecule has 0 aliphatic rings. The number of rotatable bonds is 72. The van der Waals surface area contributed by atoms with Crippen LogP contribution in [0.4, 0.5) is 0 Å². The molecule has 0 heterocycles. The minimum atomic E-state index is -5.44. The summed E-state index contributed by atoms with van der Waals surface area (Å²) in [4.78, 5) is 21.6. The molecule has 0 aliphatic carbocycles. The summed E-state index contributed by atoms with van der Waals surface area (Å²) in [7, 11) is -9.79. The molecule has 10 nitrogen and oxygen atoms in total. The van der Waals surface area contributed by atoms with Crippen LogP contribution in [0.2, 0.25) is 0 Å². The summed E-state index contributed by atoms with van der Waals surface area (Å²) in [6.07, 6.45) is 79.4. The standard InChI is InChI=1S/3C18H37O.C16H36O7P2.Ti/c3*1-2-3-4-5-6-7-8-9-10-11-12-13-14-15-16-17-18-19;1-3-5-7-9-11-13-15-21-25(20,23-24(17,18)19)22-16-14-12-10-8-6-4-2;/h3*2-18H2,1H3;3-16H2,1-2H3,(H2,17,18,19);/q3*-1;;+5/p-2. The number of hydrogen-bond acceptors (Lipinski definition) is 10. The zero-order chi connectivity index (χ0) is 60.8. The second-order valence-corrected chi connectivity index (χ2v) is 30.0. The average Bonchev–Trinajstić information content (AvgIpc) is 3.47. The van der Waals surface area contributed by atoms with Gasteiger partial charge in [0, 0.05) is 0 Å². The Balaban J connectivity index is 0. The fourth-order valence-corrected chi connectivity index (χ4v) is 14.9. The molecule has 0 aromatic heterocycles. The van der Waals surface area contributed by atoms with Gasteiger partial charge >= 0.3 is 249 Å². The van der Waals surface area contributed by atoms with Crippen molar-refractivity contribution < 1.29 is 61.3 Å². The molecule has 499 valence electrons. The molecule has 0 N–H and O–H groups in total. The topological polar surface area (TPSA) is 136 Å². The normalized spacial score (nSPS) is 11.9. The Labute approximate surface area is 526 Å². The number of hydrogen-bond donors (Lipinski definition) is 0. The average molecular weight is 1260 g/mol. The van der Waals surface area contributed by atoms with Gasteiger partial charge < -0.3 is 14.4 Å². The van der Waals surface area contributed by atoms with Gasteiger partial charge in [-0.1, -0.05) is 214 Å². The van der Waals surface area contributed by atoms with Crippen LogP contribution in [0.3, 0.4) is 0 Å². The van der Waals surface area contributed by atoms with E-state index < -0.39 is 34.7 Å². The molecule has 0 radical (unpaired) electrons. The zero-order valence-electron chi connectivity index (χ0n) is 56.4. The van der Waals surface area contributed by atoms with Gasteiger partial charge in [0.05, 0.1) is 21.0 Å². The van der Waals surface area contributed by atoms with Crippen LogP contribution in [0.25, 0.3) is 0 Å². The summed E-state index contributed by atoms with van der Waals surface area (Å²) >= 11 is -2.33. The number of phosphoric acid groups is 2. The Kier molecular flexibility index (Phi) is 76.2. The van der Waals surface area contributed by atoms with Gasteiger partial charge in [-0.2, -0.15) is 0 Å². The molecule has 13 heteroatoms.